The molecule has 2 nitrogen and oxygen atoms in total. The highest BCUT2D eigenvalue weighted by atomic mass is 16.6. The number of aliphatic hydroxyl groups excluding tert-OH is 1. The summed E-state index contributed by atoms with van der Waals surface area (Å²) in [5.74, 6) is 5.64. The molecule has 2 heteroatoms. The normalized spacial score (nSPS) is 49.6. The minimum Gasteiger partial charge on any atom is -0.393 e. The molecule has 0 aromatic carbocycles. The van der Waals surface area contributed by atoms with Crippen LogP contribution in [0.5, 0.6) is 0 Å². The van der Waals surface area contributed by atoms with E-state index >= 15 is 0 Å². The Labute approximate surface area is 198 Å². The van der Waals surface area contributed by atoms with Crippen molar-refractivity contribution in [3.63, 3.8) is 0 Å². The van der Waals surface area contributed by atoms with Crippen LogP contribution in [0.1, 0.15) is 106 Å². The van der Waals surface area contributed by atoms with Crippen LogP contribution in [-0.4, -0.2) is 23.4 Å². The average Bonchev–Trinajstić information content (AvgIpc) is 3.45. The largest absolute Gasteiger partial charge is 0.393 e. The fraction of sp³-hybridized carbons (Fsp3) is 0.933. The van der Waals surface area contributed by atoms with Crippen molar-refractivity contribution < 1.29 is 9.84 Å². The smallest absolute Gasteiger partial charge is 0.0875 e. The summed E-state index contributed by atoms with van der Waals surface area (Å²) in [6, 6.07) is 0. The molecule has 5 aliphatic rings. The molecule has 3 unspecified atom stereocenters. The van der Waals surface area contributed by atoms with E-state index in [1.165, 1.54) is 51.4 Å². The maximum Gasteiger partial charge on any atom is 0.0875 e. The first kappa shape index (κ1) is 23.4. The fourth-order valence-electron chi connectivity index (χ4n) is 9.89. The van der Waals surface area contributed by atoms with Gasteiger partial charge in [-0.25, -0.2) is 0 Å². The Hall–Kier alpha value is -0.340. The molecule has 0 bridgehead atoms. The van der Waals surface area contributed by atoms with Crippen molar-refractivity contribution >= 4 is 0 Å². The average molecular weight is 443 g/mol. The van der Waals surface area contributed by atoms with Gasteiger partial charge < -0.3 is 9.84 Å². The van der Waals surface area contributed by atoms with E-state index < -0.39 is 0 Å². The van der Waals surface area contributed by atoms with Crippen LogP contribution in [0.15, 0.2) is 11.6 Å². The summed E-state index contributed by atoms with van der Waals surface area (Å²) in [5.41, 5.74) is 2.47. The molecule has 11 atom stereocenters. The Kier molecular flexibility index (Phi) is 6.14. The van der Waals surface area contributed by atoms with Gasteiger partial charge in [0.05, 0.1) is 18.3 Å². The number of hydrogen-bond donors (Lipinski definition) is 1. The summed E-state index contributed by atoms with van der Waals surface area (Å²) < 4.78 is 6.46. The highest BCUT2D eigenvalue weighted by Crippen LogP contribution is 2.68. The summed E-state index contributed by atoms with van der Waals surface area (Å²) in [6.45, 7) is 14.9. The molecule has 0 amide bonds. The van der Waals surface area contributed by atoms with Crippen LogP contribution >= 0.6 is 0 Å². The third kappa shape index (κ3) is 3.57. The Morgan fingerprint density at radius 2 is 1.81 bits per heavy atom. The molecule has 1 aliphatic heterocycles. The van der Waals surface area contributed by atoms with Crippen molar-refractivity contribution in [2.45, 2.75) is 124 Å². The number of allylic oxidation sites excluding steroid dienone is 1. The predicted molar refractivity (Wildman–Crippen MR) is 132 cm³/mol. The van der Waals surface area contributed by atoms with Crippen molar-refractivity contribution in [3.8, 4) is 0 Å². The molecule has 0 aromatic rings. The van der Waals surface area contributed by atoms with Crippen LogP contribution in [0, 0.1) is 52.3 Å². The molecular weight excluding hydrogens is 392 g/mol. The molecule has 182 valence electrons. The van der Waals surface area contributed by atoms with Crippen LogP contribution in [0.4, 0.5) is 0 Å². The van der Waals surface area contributed by atoms with Gasteiger partial charge >= 0.3 is 0 Å². The van der Waals surface area contributed by atoms with Crippen molar-refractivity contribution in [1.29, 1.82) is 0 Å². The quantitative estimate of drug-likeness (QED) is 0.343. The number of ether oxygens (including phenoxy) is 1. The summed E-state index contributed by atoms with van der Waals surface area (Å²) in [6.07, 6.45) is 16.2. The minimum atomic E-state index is -0.0923. The maximum absolute atomic E-state index is 10.3. The first-order valence-corrected chi connectivity index (χ1v) is 14.2. The van der Waals surface area contributed by atoms with Crippen LogP contribution in [0.2, 0.25) is 0 Å². The highest BCUT2D eigenvalue weighted by Gasteiger charge is 2.61. The molecule has 0 radical (unpaired) electrons. The van der Waals surface area contributed by atoms with Gasteiger partial charge in [-0.3, -0.25) is 0 Å². The zero-order chi connectivity index (χ0) is 22.8. The van der Waals surface area contributed by atoms with Gasteiger partial charge in [-0.1, -0.05) is 59.6 Å². The van der Waals surface area contributed by atoms with Crippen LogP contribution < -0.4 is 0 Å². The minimum absolute atomic E-state index is 0.0923. The third-order valence-corrected chi connectivity index (χ3v) is 11.8. The van der Waals surface area contributed by atoms with Gasteiger partial charge in [0, 0.05) is 0 Å². The third-order valence-electron chi connectivity index (χ3n) is 11.8. The molecule has 0 spiro atoms. The lowest BCUT2D eigenvalue weighted by Gasteiger charge is -2.58. The summed E-state index contributed by atoms with van der Waals surface area (Å²) in [7, 11) is 0. The Morgan fingerprint density at radius 3 is 2.53 bits per heavy atom. The number of fused-ring (bicyclic) bond motifs is 5. The van der Waals surface area contributed by atoms with Gasteiger partial charge in [-0.2, -0.15) is 0 Å². The first-order chi connectivity index (χ1) is 15.2. The number of epoxide rings is 1. The van der Waals surface area contributed by atoms with Crippen molar-refractivity contribution in [3.05, 3.63) is 11.6 Å². The second kappa shape index (κ2) is 8.40. The summed E-state index contributed by atoms with van der Waals surface area (Å²) in [5, 5.41) is 10.3. The maximum atomic E-state index is 10.3. The number of aliphatic hydroxyl groups is 1. The van der Waals surface area contributed by atoms with Gasteiger partial charge in [0.2, 0.25) is 0 Å². The molecule has 3 saturated carbocycles. The first-order valence-electron chi connectivity index (χ1n) is 14.2. The van der Waals surface area contributed by atoms with Gasteiger partial charge in [-0.15, -0.1) is 0 Å². The fourth-order valence-corrected chi connectivity index (χ4v) is 9.89. The van der Waals surface area contributed by atoms with Crippen molar-refractivity contribution in [1.82, 2.24) is 0 Å². The number of rotatable bonds is 6. The molecular formula is C30H50O2. The predicted octanol–water partition coefficient (Wildman–Crippen LogP) is 7.40. The molecule has 1 heterocycles. The van der Waals surface area contributed by atoms with E-state index in [1.807, 2.05) is 0 Å². The lowest BCUT2D eigenvalue weighted by atomic mass is 9.47. The molecule has 0 aromatic heterocycles. The molecule has 5 rings (SSSR count). The van der Waals surface area contributed by atoms with Crippen LogP contribution in [-0.2, 0) is 4.74 Å². The molecule has 4 aliphatic carbocycles. The molecule has 32 heavy (non-hydrogen) atoms. The SMILES string of the molecule is CCC[C@@H](C(C)C)[C@H]1O[C@@H]1[C@@H](C)[C@H]1CCC2C3CC=C4C[C@@H](O)CC[C@]4(C)C3CC[C@@]21C. The van der Waals surface area contributed by atoms with Crippen molar-refractivity contribution in [2.24, 2.45) is 52.3 Å². The van der Waals surface area contributed by atoms with E-state index in [-0.39, 0.29) is 6.10 Å². The number of hydrogen-bond acceptors (Lipinski definition) is 2. The summed E-state index contributed by atoms with van der Waals surface area (Å²) >= 11 is 0. The lowest BCUT2D eigenvalue weighted by molar-refractivity contribution is -0.0582. The molecule has 1 N–H and O–H groups in total. The van der Waals surface area contributed by atoms with E-state index in [4.69, 9.17) is 4.74 Å². The van der Waals surface area contributed by atoms with Gasteiger partial charge in [0.1, 0.15) is 0 Å². The monoisotopic (exact) mass is 442 g/mol. The molecule has 1 saturated heterocycles. The van der Waals surface area contributed by atoms with Gasteiger partial charge in [0.15, 0.2) is 0 Å². The Morgan fingerprint density at radius 1 is 1.03 bits per heavy atom. The zero-order valence-electron chi connectivity index (χ0n) is 21.8. The Balaban J connectivity index is 1.31. The Bertz CT molecular complexity index is 726. The van der Waals surface area contributed by atoms with Crippen molar-refractivity contribution in [2.75, 3.05) is 0 Å². The lowest BCUT2D eigenvalue weighted by Crippen LogP contribution is -2.51. The van der Waals surface area contributed by atoms with E-state index in [2.05, 4.69) is 47.6 Å². The second-order valence-electron chi connectivity index (χ2n) is 13.5. The van der Waals surface area contributed by atoms with E-state index in [0.717, 1.165) is 48.3 Å². The zero-order valence-corrected chi connectivity index (χ0v) is 21.8. The topological polar surface area (TPSA) is 32.8 Å². The van der Waals surface area contributed by atoms with E-state index in [9.17, 15) is 5.11 Å². The van der Waals surface area contributed by atoms with Gasteiger partial charge in [0.25, 0.3) is 0 Å². The van der Waals surface area contributed by atoms with Crippen LogP contribution in [0.3, 0.4) is 0 Å². The van der Waals surface area contributed by atoms with E-state index in [1.54, 1.807) is 5.57 Å². The summed E-state index contributed by atoms with van der Waals surface area (Å²) in [4.78, 5) is 0. The standard InChI is InChI=1S/C30H50O2/c1-7-8-22(18(2)3)28-27(32-28)19(4)24-11-12-25-23-10-9-20-17-21(31)13-15-29(20,5)26(23)14-16-30(24,25)6/h9,18-19,21-28,31H,7-8,10-17H2,1-6H3/t19-,21-,22-,23?,24+,25?,26?,27+,28+,29-,30+/m0/s1. The second-order valence-corrected chi connectivity index (χ2v) is 13.5. The van der Waals surface area contributed by atoms with E-state index in [0.29, 0.717) is 29.0 Å². The van der Waals surface area contributed by atoms with Crippen LogP contribution in [0.25, 0.3) is 0 Å². The van der Waals surface area contributed by atoms with Gasteiger partial charge in [-0.05, 0) is 110 Å². The highest BCUT2D eigenvalue weighted by molar-refractivity contribution is 5.25. The molecule has 4 fully saturated rings.